The van der Waals surface area contributed by atoms with Gasteiger partial charge in [-0.3, -0.25) is 9.69 Å². The second kappa shape index (κ2) is 4.81. The number of aliphatic hydroxyl groups excluding tert-OH is 1. The van der Waals surface area contributed by atoms with E-state index in [9.17, 15) is 14.7 Å². The highest BCUT2D eigenvalue weighted by Gasteiger charge is 2.56. The standard InChI is InChI=1S/C12H15NO5S/c14-4-3-6-10(15)13-8(12(16)17)9(19-11(6)13)7-2-1-5-18-7/h6-7,11,14H,1-5H2,(H,16,17)/t6-,7+,11+/m0/s1. The SMILES string of the molecule is O=C(O)C1=C([C@H]2CCCO2)S[C@@H]2[C@@H](CCO)C(=O)N12. The number of nitrogens with zero attached hydrogens (tertiary/aromatic N) is 1. The second-order valence-corrected chi connectivity index (χ2v) is 6.01. The van der Waals surface area contributed by atoms with Crippen LogP contribution < -0.4 is 0 Å². The third kappa shape index (κ3) is 1.87. The Morgan fingerprint density at radius 3 is 2.89 bits per heavy atom. The Bertz CT molecular complexity index is 457. The van der Waals surface area contributed by atoms with Crippen LogP contribution in [-0.4, -0.2) is 51.7 Å². The van der Waals surface area contributed by atoms with Crippen molar-refractivity contribution in [2.45, 2.75) is 30.7 Å². The summed E-state index contributed by atoms with van der Waals surface area (Å²) in [7, 11) is 0. The van der Waals surface area contributed by atoms with E-state index in [2.05, 4.69) is 0 Å². The van der Waals surface area contributed by atoms with Gasteiger partial charge in [-0.25, -0.2) is 4.79 Å². The average Bonchev–Trinajstić information content (AvgIpc) is 3.00. The summed E-state index contributed by atoms with van der Waals surface area (Å²) in [5.74, 6) is -1.54. The molecule has 0 saturated carbocycles. The minimum absolute atomic E-state index is 0.0566. The number of fused-ring (bicyclic) bond motifs is 1. The molecule has 6 nitrogen and oxygen atoms in total. The quantitative estimate of drug-likeness (QED) is 0.726. The number of β-lactam (4-membered cyclic amide) rings is 1. The third-order valence-corrected chi connectivity index (χ3v) is 5.23. The minimum atomic E-state index is -1.07. The molecule has 7 heteroatoms. The average molecular weight is 285 g/mol. The number of carboxylic acids is 1. The van der Waals surface area contributed by atoms with Gasteiger partial charge in [-0.05, 0) is 19.3 Å². The molecule has 3 atom stereocenters. The molecule has 19 heavy (non-hydrogen) atoms. The van der Waals surface area contributed by atoms with Gasteiger partial charge in [-0.15, -0.1) is 0 Å². The molecule has 0 aromatic heterocycles. The second-order valence-electron chi connectivity index (χ2n) is 4.86. The summed E-state index contributed by atoms with van der Waals surface area (Å²) in [5, 5.41) is 18.1. The molecule has 0 aromatic carbocycles. The van der Waals surface area contributed by atoms with Crippen LogP contribution in [0, 0.1) is 5.92 Å². The maximum atomic E-state index is 12.0. The van der Waals surface area contributed by atoms with Crippen molar-refractivity contribution >= 4 is 23.6 Å². The molecule has 2 fully saturated rings. The fraction of sp³-hybridized carbons (Fsp3) is 0.667. The number of carbonyl (C=O) groups is 2. The van der Waals surface area contributed by atoms with Gasteiger partial charge < -0.3 is 14.9 Å². The first-order valence-electron chi connectivity index (χ1n) is 6.34. The monoisotopic (exact) mass is 285 g/mol. The van der Waals surface area contributed by atoms with Crippen LogP contribution in [-0.2, 0) is 14.3 Å². The molecular formula is C12H15NO5S. The molecule has 0 spiro atoms. The lowest BCUT2D eigenvalue weighted by molar-refractivity contribution is -0.152. The number of amides is 1. The zero-order valence-electron chi connectivity index (χ0n) is 10.2. The topological polar surface area (TPSA) is 87.1 Å². The van der Waals surface area contributed by atoms with Gasteiger partial charge in [-0.2, -0.15) is 0 Å². The molecule has 2 N–H and O–H groups in total. The Hall–Kier alpha value is -1.05. The van der Waals surface area contributed by atoms with E-state index in [4.69, 9.17) is 9.84 Å². The number of hydrogen-bond donors (Lipinski definition) is 2. The van der Waals surface area contributed by atoms with Crippen LogP contribution in [0.5, 0.6) is 0 Å². The van der Waals surface area contributed by atoms with E-state index in [1.54, 1.807) is 0 Å². The summed E-state index contributed by atoms with van der Waals surface area (Å²) < 4.78 is 5.54. The zero-order valence-corrected chi connectivity index (χ0v) is 11.1. The van der Waals surface area contributed by atoms with Gasteiger partial charge >= 0.3 is 5.97 Å². The normalized spacial score (nSPS) is 33.6. The van der Waals surface area contributed by atoms with E-state index in [0.29, 0.717) is 17.9 Å². The first kappa shape index (κ1) is 13.0. The fourth-order valence-corrected chi connectivity index (χ4v) is 4.45. The molecule has 0 aliphatic carbocycles. The highest BCUT2D eigenvalue weighted by molar-refractivity contribution is 8.04. The molecule has 0 bridgehead atoms. The van der Waals surface area contributed by atoms with E-state index in [-0.39, 0.29) is 35.6 Å². The lowest BCUT2D eigenvalue weighted by atomic mass is 9.94. The molecule has 0 aromatic rings. The third-order valence-electron chi connectivity index (χ3n) is 3.74. The fourth-order valence-electron chi connectivity index (χ4n) is 2.83. The number of carbonyl (C=O) groups excluding carboxylic acids is 1. The molecular weight excluding hydrogens is 270 g/mol. The predicted octanol–water partition coefficient (Wildman–Crippen LogP) is 0.375. The van der Waals surface area contributed by atoms with Gasteiger partial charge in [0.2, 0.25) is 5.91 Å². The summed E-state index contributed by atoms with van der Waals surface area (Å²) in [6, 6.07) is 0. The molecule has 1 amide bonds. The van der Waals surface area contributed by atoms with E-state index >= 15 is 0 Å². The molecule has 3 heterocycles. The number of rotatable bonds is 4. The Morgan fingerprint density at radius 2 is 2.32 bits per heavy atom. The summed E-state index contributed by atoms with van der Waals surface area (Å²) >= 11 is 1.41. The van der Waals surface area contributed by atoms with Crippen LogP contribution in [0.3, 0.4) is 0 Å². The van der Waals surface area contributed by atoms with Gasteiger partial charge in [0.05, 0.1) is 17.4 Å². The molecule has 0 radical (unpaired) electrons. The Balaban J connectivity index is 1.87. The maximum Gasteiger partial charge on any atom is 0.353 e. The molecule has 3 aliphatic rings. The largest absolute Gasteiger partial charge is 0.477 e. The molecule has 2 saturated heterocycles. The van der Waals surface area contributed by atoms with Crippen molar-refractivity contribution in [3.8, 4) is 0 Å². The number of aliphatic carboxylic acids is 1. The molecule has 0 unspecified atom stereocenters. The Morgan fingerprint density at radius 1 is 1.53 bits per heavy atom. The number of aliphatic hydroxyl groups is 1. The van der Waals surface area contributed by atoms with Crippen molar-refractivity contribution in [1.82, 2.24) is 4.90 Å². The summed E-state index contributed by atoms with van der Waals surface area (Å²) in [6.45, 7) is 0.583. The Kier molecular flexibility index (Phi) is 3.28. The smallest absolute Gasteiger partial charge is 0.353 e. The van der Waals surface area contributed by atoms with Gasteiger partial charge in [0.1, 0.15) is 5.70 Å². The van der Waals surface area contributed by atoms with Gasteiger partial charge in [0.25, 0.3) is 0 Å². The van der Waals surface area contributed by atoms with Crippen molar-refractivity contribution in [2.75, 3.05) is 13.2 Å². The van der Waals surface area contributed by atoms with E-state index in [1.807, 2.05) is 0 Å². The minimum Gasteiger partial charge on any atom is -0.477 e. The summed E-state index contributed by atoms with van der Waals surface area (Å²) in [4.78, 5) is 25.4. The van der Waals surface area contributed by atoms with Crippen LogP contribution in [0.25, 0.3) is 0 Å². The zero-order chi connectivity index (χ0) is 13.6. The number of carboxylic acid groups (broad SMARTS) is 1. The van der Waals surface area contributed by atoms with E-state index in [0.717, 1.165) is 12.8 Å². The number of ether oxygens (including phenoxy) is 1. The highest BCUT2D eigenvalue weighted by Crippen LogP contribution is 2.52. The van der Waals surface area contributed by atoms with Crippen LogP contribution in [0.1, 0.15) is 19.3 Å². The Labute approximate surface area is 114 Å². The molecule has 3 rings (SSSR count). The van der Waals surface area contributed by atoms with Crippen LogP contribution in [0.4, 0.5) is 0 Å². The summed E-state index contributed by atoms with van der Waals surface area (Å²) in [6.07, 6.45) is 1.92. The van der Waals surface area contributed by atoms with Crippen molar-refractivity contribution in [1.29, 1.82) is 0 Å². The number of thioether (sulfide) groups is 1. The lowest BCUT2D eigenvalue weighted by Gasteiger charge is -2.42. The summed E-state index contributed by atoms with van der Waals surface area (Å²) in [5.41, 5.74) is 0.0843. The van der Waals surface area contributed by atoms with Crippen LogP contribution in [0.15, 0.2) is 10.6 Å². The van der Waals surface area contributed by atoms with Gasteiger partial charge in [0.15, 0.2) is 0 Å². The molecule has 104 valence electrons. The first-order chi connectivity index (χ1) is 9.15. The predicted molar refractivity (Wildman–Crippen MR) is 67.1 cm³/mol. The van der Waals surface area contributed by atoms with Crippen molar-refractivity contribution < 1.29 is 24.5 Å². The van der Waals surface area contributed by atoms with Gasteiger partial charge in [-0.1, -0.05) is 11.8 Å². The van der Waals surface area contributed by atoms with Crippen molar-refractivity contribution in [2.24, 2.45) is 5.92 Å². The van der Waals surface area contributed by atoms with E-state index in [1.165, 1.54) is 16.7 Å². The van der Waals surface area contributed by atoms with Gasteiger partial charge in [0, 0.05) is 18.1 Å². The van der Waals surface area contributed by atoms with Crippen LogP contribution in [0.2, 0.25) is 0 Å². The van der Waals surface area contributed by atoms with Crippen LogP contribution >= 0.6 is 11.8 Å². The van der Waals surface area contributed by atoms with Crippen molar-refractivity contribution in [3.63, 3.8) is 0 Å². The maximum absolute atomic E-state index is 12.0. The van der Waals surface area contributed by atoms with E-state index < -0.39 is 5.97 Å². The highest BCUT2D eigenvalue weighted by atomic mass is 32.2. The lowest BCUT2D eigenvalue weighted by Crippen LogP contribution is -2.57. The van der Waals surface area contributed by atoms with Crippen molar-refractivity contribution in [3.05, 3.63) is 10.6 Å². The molecule has 3 aliphatic heterocycles. The number of hydrogen-bond acceptors (Lipinski definition) is 5. The first-order valence-corrected chi connectivity index (χ1v) is 7.22.